The van der Waals surface area contributed by atoms with Crippen molar-refractivity contribution in [2.45, 2.75) is 26.4 Å². The summed E-state index contributed by atoms with van der Waals surface area (Å²) in [7, 11) is -2.27. The number of carbonyl (C=O) groups excluding carboxylic acids is 2. The first-order valence-electron chi connectivity index (χ1n) is 9.33. The van der Waals surface area contributed by atoms with Gasteiger partial charge in [0, 0.05) is 18.6 Å². The van der Waals surface area contributed by atoms with E-state index in [9.17, 15) is 18.0 Å². The lowest BCUT2D eigenvalue weighted by Gasteiger charge is -2.31. The highest BCUT2D eigenvalue weighted by Crippen LogP contribution is 2.26. The number of amides is 2. The van der Waals surface area contributed by atoms with Gasteiger partial charge in [0.05, 0.1) is 11.9 Å². The third-order valence-electron chi connectivity index (χ3n) is 4.72. The predicted molar refractivity (Wildman–Crippen MR) is 119 cm³/mol. The SMILES string of the molecule is CNC(=O)[C@@H](C)N(Cc1ccccc1)C(=O)CN(c1ccc(Cl)cc1C)S(C)(=O)=O. The highest BCUT2D eigenvalue weighted by molar-refractivity contribution is 7.92. The van der Waals surface area contributed by atoms with Gasteiger partial charge in [-0.1, -0.05) is 41.9 Å². The monoisotopic (exact) mass is 451 g/mol. The molecule has 2 aromatic rings. The van der Waals surface area contributed by atoms with Crippen LogP contribution in [0.2, 0.25) is 5.02 Å². The maximum Gasteiger partial charge on any atom is 0.244 e. The van der Waals surface area contributed by atoms with Crippen LogP contribution in [0.3, 0.4) is 0 Å². The van der Waals surface area contributed by atoms with E-state index in [2.05, 4.69) is 5.32 Å². The smallest absolute Gasteiger partial charge is 0.244 e. The summed E-state index contributed by atoms with van der Waals surface area (Å²) in [6.07, 6.45) is 1.04. The zero-order chi connectivity index (χ0) is 22.5. The number of benzene rings is 2. The van der Waals surface area contributed by atoms with Gasteiger partial charge >= 0.3 is 0 Å². The molecule has 9 heteroatoms. The second kappa shape index (κ2) is 9.95. The van der Waals surface area contributed by atoms with Gasteiger partial charge < -0.3 is 10.2 Å². The minimum Gasteiger partial charge on any atom is -0.357 e. The standard InChI is InChI=1S/C21H26ClN3O4S/c1-15-12-18(22)10-11-19(15)25(30(4,28)29)14-20(26)24(16(2)21(27)23-3)13-17-8-6-5-7-9-17/h5-12,16H,13-14H2,1-4H3,(H,23,27)/t16-/m1/s1. The van der Waals surface area contributed by atoms with Gasteiger partial charge in [0.2, 0.25) is 21.8 Å². The molecule has 0 saturated heterocycles. The average molecular weight is 452 g/mol. The summed E-state index contributed by atoms with van der Waals surface area (Å²) in [4.78, 5) is 26.8. The Balaban J connectivity index is 2.39. The van der Waals surface area contributed by atoms with Crippen LogP contribution in [0.15, 0.2) is 48.5 Å². The Bertz CT molecular complexity index is 1010. The molecule has 0 aliphatic carbocycles. The first-order valence-corrected chi connectivity index (χ1v) is 11.6. The predicted octanol–water partition coefficient (Wildman–Crippen LogP) is 2.58. The number of likely N-dealkylation sites (N-methyl/N-ethyl adjacent to an activating group) is 1. The third-order valence-corrected chi connectivity index (χ3v) is 6.08. The van der Waals surface area contributed by atoms with Crippen molar-refractivity contribution in [2.75, 3.05) is 24.2 Å². The first kappa shape index (κ1) is 23.7. The number of sulfonamides is 1. The summed E-state index contributed by atoms with van der Waals surface area (Å²) < 4.78 is 26.0. The van der Waals surface area contributed by atoms with Crippen molar-refractivity contribution in [2.24, 2.45) is 0 Å². The lowest BCUT2D eigenvalue weighted by molar-refractivity contribution is -0.139. The maximum atomic E-state index is 13.2. The van der Waals surface area contributed by atoms with Gasteiger partial charge in [0.15, 0.2) is 0 Å². The minimum atomic E-state index is -3.76. The molecule has 0 aliphatic heterocycles. The van der Waals surface area contributed by atoms with E-state index in [0.29, 0.717) is 16.3 Å². The maximum absolute atomic E-state index is 13.2. The van der Waals surface area contributed by atoms with Gasteiger partial charge in [-0.25, -0.2) is 8.42 Å². The fraction of sp³-hybridized carbons (Fsp3) is 0.333. The molecule has 1 N–H and O–H groups in total. The molecule has 0 radical (unpaired) electrons. The lowest BCUT2D eigenvalue weighted by atomic mass is 10.1. The molecule has 30 heavy (non-hydrogen) atoms. The topological polar surface area (TPSA) is 86.8 Å². The molecule has 162 valence electrons. The van der Waals surface area contributed by atoms with Crippen molar-refractivity contribution in [3.63, 3.8) is 0 Å². The van der Waals surface area contributed by atoms with Gasteiger partial charge in [-0.05, 0) is 43.2 Å². The van der Waals surface area contributed by atoms with Crippen molar-refractivity contribution in [1.29, 1.82) is 0 Å². The Labute approximate surface area is 182 Å². The van der Waals surface area contributed by atoms with E-state index in [1.165, 1.54) is 11.9 Å². The highest BCUT2D eigenvalue weighted by atomic mass is 35.5. The molecule has 1 atom stereocenters. The van der Waals surface area contributed by atoms with Gasteiger partial charge in [-0.15, -0.1) is 0 Å². The van der Waals surface area contributed by atoms with Gasteiger partial charge in [-0.3, -0.25) is 13.9 Å². The van der Waals surface area contributed by atoms with Crippen LogP contribution in [0.25, 0.3) is 0 Å². The number of nitrogens with zero attached hydrogens (tertiary/aromatic N) is 2. The van der Waals surface area contributed by atoms with Crippen LogP contribution < -0.4 is 9.62 Å². The second-order valence-corrected chi connectivity index (χ2v) is 9.34. The van der Waals surface area contributed by atoms with Crippen LogP contribution in [0.5, 0.6) is 0 Å². The molecule has 0 heterocycles. The number of hydrogen-bond donors (Lipinski definition) is 1. The van der Waals surface area contributed by atoms with Crippen molar-refractivity contribution < 1.29 is 18.0 Å². The van der Waals surface area contributed by atoms with Crippen LogP contribution in [-0.4, -0.2) is 51.0 Å². The Morgan fingerprint density at radius 3 is 2.30 bits per heavy atom. The van der Waals surface area contributed by atoms with Crippen LogP contribution in [0.1, 0.15) is 18.1 Å². The van der Waals surface area contributed by atoms with Crippen LogP contribution in [-0.2, 0) is 26.2 Å². The quantitative estimate of drug-likeness (QED) is 0.668. The third kappa shape index (κ3) is 5.96. The summed E-state index contributed by atoms with van der Waals surface area (Å²) >= 11 is 5.99. The molecular formula is C21H26ClN3O4S. The second-order valence-electron chi connectivity index (χ2n) is 7.00. The molecule has 7 nitrogen and oxygen atoms in total. The molecular weight excluding hydrogens is 426 g/mol. The molecule has 2 amide bonds. The van der Waals surface area contributed by atoms with Gasteiger partial charge in [0.25, 0.3) is 0 Å². The number of carbonyl (C=O) groups is 2. The summed E-state index contributed by atoms with van der Waals surface area (Å²) in [5.41, 5.74) is 1.81. The van der Waals surface area contributed by atoms with Crippen LogP contribution in [0.4, 0.5) is 5.69 Å². The molecule has 0 bridgehead atoms. The minimum absolute atomic E-state index is 0.172. The fourth-order valence-electron chi connectivity index (χ4n) is 3.07. The van der Waals surface area contributed by atoms with Crippen LogP contribution >= 0.6 is 11.6 Å². The van der Waals surface area contributed by atoms with E-state index >= 15 is 0 Å². The molecule has 0 saturated carbocycles. The molecule has 0 aliphatic rings. The zero-order valence-corrected chi connectivity index (χ0v) is 19.0. The highest BCUT2D eigenvalue weighted by Gasteiger charge is 2.30. The number of anilines is 1. The number of aryl methyl sites for hydroxylation is 1. The van der Waals surface area contributed by atoms with E-state index in [1.807, 2.05) is 30.3 Å². The summed E-state index contributed by atoms with van der Waals surface area (Å²) in [5.74, 6) is -0.831. The molecule has 2 rings (SSSR count). The van der Waals surface area contributed by atoms with Gasteiger partial charge in [0.1, 0.15) is 12.6 Å². The Kier molecular flexibility index (Phi) is 7.86. The zero-order valence-electron chi connectivity index (χ0n) is 17.4. The Morgan fingerprint density at radius 2 is 1.77 bits per heavy atom. The van der Waals surface area contributed by atoms with E-state index in [1.54, 1.807) is 32.0 Å². The molecule has 0 spiro atoms. The average Bonchev–Trinajstić information content (AvgIpc) is 2.69. The van der Waals surface area contributed by atoms with Crippen molar-refractivity contribution >= 4 is 39.1 Å². The van der Waals surface area contributed by atoms with Crippen molar-refractivity contribution in [3.05, 3.63) is 64.7 Å². The number of halogens is 1. The normalized spacial score (nSPS) is 12.2. The first-order chi connectivity index (χ1) is 14.0. The van der Waals surface area contributed by atoms with Gasteiger partial charge in [-0.2, -0.15) is 0 Å². The summed E-state index contributed by atoms with van der Waals surface area (Å²) in [6, 6.07) is 13.2. The lowest BCUT2D eigenvalue weighted by Crippen LogP contribution is -2.50. The number of hydrogen-bond acceptors (Lipinski definition) is 4. The van der Waals surface area contributed by atoms with E-state index in [0.717, 1.165) is 16.1 Å². The largest absolute Gasteiger partial charge is 0.357 e. The molecule has 0 fully saturated rings. The van der Waals surface area contributed by atoms with E-state index in [-0.39, 0.29) is 12.5 Å². The Morgan fingerprint density at radius 1 is 1.13 bits per heavy atom. The molecule has 0 aromatic heterocycles. The summed E-state index contributed by atoms with van der Waals surface area (Å²) in [5, 5.41) is 3.00. The van der Waals surface area contributed by atoms with Crippen molar-refractivity contribution in [1.82, 2.24) is 10.2 Å². The van der Waals surface area contributed by atoms with Crippen molar-refractivity contribution in [3.8, 4) is 0 Å². The molecule has 0 unspecified atom stereocenters. The summed E-state index contributed by atoms with van der Waals surface area (Å²) in [6.45, 7) is 3.07. The van der Waals surface area contributed by atoms with E-state index in [4.69, 9.17) is 11.6 Å². The molecule has 2 aromatic carbocycles. The van der Waals surface area contributed by atoms with Crippen LogP contribution in [0, 0.1) is 6.92 Å². The Hall–Kier alpha value is -2.58. The fourth-order valence-corrected chi connectivity index (χ4v) is 4.20. The number of nitrogens with one attached hydrogen (secondary N) is 1. The van der Waals surface area contributed by atoms with E-state index < -0.39 is 28.5 Å². The number of rotatable bonds is 8.